The van der Waals surface area contributed by atoms with Crippen molar-refractivity contribution in [1.29, 1.82) is 0 Å². The summed E-state index contributed by atoms with van der Waals surface area (Å²) >= 11 is 0. The highest BCUT2D eigenvalue weighted by molar-refractivity contribution is 5.35. The van der Waals surface area contributed by atoms with Crippen LogP contribution in [-0.2, 0) is 9.47 Å². The molecule has 0 aliphatic carbocycles. The van der Waals surface area contributed by atoms with E-state index >= 15 is 0 Å². The fourth-order valence-corrected chi connectivity index (χ4v) is 2.27. The molecule has 4 nitrogen and oxygen atoms in total. The number of hydrogen-bond donors (Lipinski definition) is 1. The fraction of sp³-hybridized carbons (Fsp3) is 0.600. The topological polar surface area (TPSA) is 53.7 Å². The number of nitrogens with two attached hydrogens (primary N) is 1. The molecule has 0 radical (unpaired) electrons. The summed E-state index contributed by atoms with van der Waals surface area (Å²) in [5.74, 6) is 0.846. The summed E-state index contributed by atoms with van der Waals surface area (Å²) in [7, 11) is 0. The van der Waals surface area contributed by atoms with E-state index in [2.05, 4.69) is 0 Å². The summed E-state index contributed by atoms with van der Waals surface area (Å²) in [4.78, 5) is 0. The van der Waals surface area contributed by atoms with Crippen LogP contribution in [0.15, 0.2) is 24.3 Å². The first-order valence-electron chi connectivity index (χ1n) is 6.98. The lowest BCUT2D eigenvalue weighted by Gasteiger charge is -2.17. The largest absolute Gasteiger partial charge is 0.494 e. The van der Waals surface area contributed by atoms with Gasteiger partial charge in [-0.05, 0) is 25.8 Å². The third-order valence-electron chi connectivity index (χ3n) is 3.24. The molecule has 2 rings (SSSR count). The molecule has 4 heteroatoms. The van der Waals surface area contributed by atoms with Crippen LogP contribution in [-0.4, -0.2) is 32.5 Å². The van der Waals surface area contributed by atoms with Gasteiger partial charge >= 0.3 is 0 Å². The van der Waals surface area contributed by atoms with E-state index in [9.17, 15) is 0 Å². The fourth-order valence-electron chi connectivity index (χ4n) is 2.27. The molecule has 1 aromatic rings. The highest BCUT2D eigenvalue weighted by atomic mass is 16.5. The summed E-state index contributed by atoms with van der Waals surface area (Å²) in [6.45, 7) is 4.58. The van der Waals surface area contributed by atoms with Crippen molar-refractivity contribution in [2.75, 3.05) is 26.4 Å². The maximum atomic E-state index is 6.17. The Bertz CT molecular complexity index is 377. The van der Waals surface area contributed by atoms with Crippen molar-refractivity contribution >= 4 is 0 Å². The molecule has 19 heavy (non-hydrogen) atoms. The van der Waals surface area contributed by atoms with Crippen molar-refractivity contribution in [2.24, 2.45) is 5.73 Å². The van der Waals surface area contributed by atoms with Gasteiger partial charge in [0, 0.05) is 12.2 Å². The highest BCUT2D eigenvalue weighted by Crippen LogP contribution is 2.24. The van der Waals surface area contributed by atoms with Gasteiger partial charge < -0.3 is 19.9 Å². The molecular weight excluding hydrogens is 242 g/mol. The van der Waals surface area contributed by atoms with Gasteiger partial charge in [-0.25, -0.2) is 0 Å². The van der Waals surface area contributed by atoms with Crippen LogP contribution >= 0.6 is 0 Å². The SMILES string of the molecule is CCOc1ccccc1C(N)COCC1CCCO1. The Morgan fingerprint density at radius 1 is 1.42 bits per heavy atom. The first kappa shape index (κ1) is 14.3. The molecule has 0 amide bonds. The normalized spacial score (nSPS) is 20.4. The van der Waals surface area contributed by atoms with E-state index in [0.717, 1.165) is 30.8 Å². The van der Waals surface area contributed by atoms with Gasteiger partial charge in [-0.15, -0.1) is 0 Å². The molecule has 2 N–H and O–H groups in total. The van der Waals surface area contributed by atoms with E-state index in [0.29, 0.717) is 19.8 Å². The lowest BCUT2D eigenvalue weighted by molar-refractivity contribution is 0.0127. The zero-order valence-corrected chi connectivity index (χ0v) is 11.5. The minimum atomic E-state index is -0.163. The number of hydrogen-bond acceptors (Lipinski definition) is 4. The molecule has 0 aromatic heterocycles. The van der Waals surface area contributed by atoms with Gasteiger partial charge in [0.2, 0.25) is 0 Å². The van der Waals surface area contributed by atoms with Crippen LogP contribution < -0.4 is 10.5 Å². The summed E-state index contributed by atoms with van der Waals surface area (Å²) in [5.41, 5.74) is 7.16. The first-order valence-corrected chi connectivity index (χ1v) is 6.98. The second kappa shape index (κ2) is 7.48. The number of ether oxygens (including phenoxy) is 3. The molecule has 106 valence electrons. The summed E-state index contributed by atoms with van der Waals surface area (Å²) in [6.07, 6.45) is 2.47. The number of benzene rings is 1. The lowest BCUT2D eigenvalue weighted by atomic mass is 10.1. The second-order valence-corrected chi connectivity index (χ2v) is 4.75. The molecule has 0 saturated carbocycles. The Balaban J connectivity index is 1.82. The molecule has 1 saturated heterocycles. The highest BCUT2D eigenvalue weighted by Gasteiger charge is 2.17. The molecule has 1 aliphatic rings. The van der Waals surface area contributed by atoms with E-state index in [1.54, 1.807) is 0 Å². The average Bonchev–Trinajstić information content (AvgIpc) is 2.93. The standard InChI is InChI=1S/C15H23NO3/c1-2-18-15-8-4-3-7-13(15)14(16)11-17-10-12-6-5-9-19-12/h3-4,7-8,12,14H,2,5-6,9-11,16H2,1H3. The smallest absolute Gasteiger partial charge is 0.124 e. The predicted molar refractivity (Wildman–Crippen MR) is 74.3 cm³/mol. The van der Waals surface area contributed by atoms with E-state index < -0.39 is 0 Å². The van der Waals surface area contributed by atoms with Crippen LogP contribution in [0.5, 0.6) is 5.75 Å². The van der Waals surface area contributed by atoms with Crippen LogP contribution in [0.4, 0.5) is 0 Å². The van der Waals surface area contributed by atoms with Gasteiger partial charge in [-0.3, -0.25) is 0 Å². The van der Waals surface area contributed by atoms with Crippen LogP contribution in [0, 0.1) is 0 Å². The van der Waals surface area contributed by atoms with Crippen molar-refractivity contribution in [3.63, 3.8) is 0 Å². The van der Waals surface area contributed by atoms with Gasteiger partial charge in [0.25, 0.3) is 0 Å². The molecule has 1 fully saturated rings. The molecule has 1 heterocycles. The molecule has 2 atom stereocenters. The monoisotopic (exact) mass is 265 g/mol. The number of rotatable bonds is 7. The Kier molecular flexibility index (Phi) is 5.63. The molecular formula is C15H23NO3. The third kappa shape index (κ3) is 4.20. The molecule has 2 unspecified atom stereocenters. The van der Waals surface area contributed by atoms with Crippen molar-refractivity contribution in [3.8, 4) is 5.75 Å². The van der Waals surface area contributed by atoms with Gasteiger partial charge in [-0.1, -0.05) is 18.2 Å². The molecule has 1 aromatic carbocycles. The predicted octanol–water partition coefficient (Wildman–Crippen LogP) is 2.28. The summed E-state index contributed by atoms with van der Waals surface area (Å²) < 4.78 is 16.8. The second-order valence-electron chi connectivity index (χ2n) is 4.75. The van der Waals surface area contributed by atoms with Crippen molar-refractivity contribution < 1.29 is 14.2 Å². The molecule has 1 aliphatic heterocycles. The van der Waals surface area contributed by atoms with E-state index in [1.165, 1.54) is 0 Å². The Morgan fingerprint density at radius 2 is 2.26 bits per heavy atom. The Morgan fingerprint density at radius 3 is 3.00 bits per heavy atom. The maximum Gasteiger partial charge on any atom is 0.124 e. The lowest BCUT2D eigenvalue weighted by Crippen LogP contribution is -2.22. The summed E-state index contributed by atoms with van der Waals surface area (Å²) in [5, 5.41) is 0. The molecule has 0 spiro atoms. The van der Waals surface area contributed by atoms with E-state index in [1.807, 2.05) is 31.2 Å². The van der Waals surface area contributed by atoms with Crippen LogP contribution in [0.2, 0.25) is 0 Å². The van der Waals surface area contributed by atoms with Crippen LogP contribution in [0.3, 0.4) is 0 Å². The van der Waals surface area contributed by atoms with Crippen molar-refractivity contribution in [1.82, 2.24) is 0 Å². The average molecular weight is 265 g/mol. The quantitative estimate of drug-likeness (QED) is 0.821. The van der Waals surface area contributed by atoms with Crippen molar-refractivity contribution in [3.05, 3.63) is 29.8 Å². The Hall–Kier alpha value is -1.10. The third-order valence-corrected chi connectivity index (χ3v) is 3.24. The van der Waals surface area contributed by atoms with E-state index in [4.69, 9.17) is 19.9 Å². The number of para-hydroxylation sites is 1. The van der Waals surface area contributed by atoms with Gasteiger partial charge in [-0.2, -0.15) is 0 Å². The van der Waals surface area contributed by atoms with Crippen LogP contribution in [0.25, 0.3) is 0 Å². The first-order chi connectivity index (χ1) is 9.31. The minimum Gasteiger partial charge on any atom is -0.494 e. The minimum absolute atomic E-state index is 0.163. The zero-order valence-electron chi connectivity index (χ0n) is 11.5. The zero-order chi connectivity index (χ0) is 13.5. The van der Waals surface area contributed by atoms with Gasteiger partial charge in [0.05, 0.1) is 32.0 Å². The Labute approximate surface area is 114 Å². The van der Waals surface area contributed by atoms with Crippen molar-refractivity contribution in [2.45, 2.75) is 31.9 Å². The van der Waals surface area contributed by atoms with Crippen LogP contribution in [0.1, 0.15) is 31.4 Å². The van der Waals surface area contributed by atoms with E-state index in [-0.39, 0.29) is 12.1 Å². The molecule has 0 bridgehead atoms. The van der Waals surface area contributed by atoms with Gasteiger partial charge in [0.15, 0.2) is 0 Å². The van der Waals surface area contributed by atoms with Gasteiger partial charge in [0.1, 0.15) is 5.75 Å². The maximum absolute atomic E-state index is 6.17. The summed E-state index contributed by atoms with van der Waals surface area (Å²) in [6, 6.07) is 7.69.